The molecule has 0 heterocycles. The lowest BCUT2D eigenvalue weighted by atomic mass is 10.1. The van der Waals surface area contributed by atoms with Crippen LogP contribution in [0.3, 0.4) is 0 Å². The van der Waals surface area contributed by atoms with Crippen LogP contribution in [0.15, 0.2) is 65.6 Å². The second-order valence-electron chi connectivity index (χ2n) is 7.53. The van der Waals surface area contributed by atoms with E-state index in [0.29, 0.717) is 10.1 Å². The van der Waals surface area contributed by atoms with Gasteiger partial charge in [0, 0.05) is 18.2 Å². The number of rotatable bonds is 10. The van der Waals surface area contributed by atoms with Gasteiger partial charge in [0.25, 0.3) is 21.4 Å². The Morgan fingerprint density at radius 2 is 1.59 bits per heavy atom. The van der Waals surface area contributed by atoms with Gasteiger partial charge in [-0.05, 0) is 31.2 Å². The molecular formula is C23H22N4O9S. The molecule has 0 aliphatic carbocycles. The first-order chi connectivity index (χ1) is 17.5. The Bertz CT molecular complexity index is 1470. The molecule has 0 atom stereocenters. The number of para-hydroxylation sites is 1. The quantitative estimate of drug-likeness (QED) is 0.303. The maximum atomic E-state index is 13.7. The summed E-state index contributed by atoms with van der Waals surface area (Å²) in [6.45, 7) is 0.599. The lowest BCUT2D eigenvalue weighted by molar-refractivity contribution is -0.387. The van der Waals surface area contributed by atoms with E-state index in [4.69, 9.17) is 9.47 Å². The monoisotopic (exact) mass is 530 g/mol. The molecule has 0 unspecified atom stereocenters. The zero-order chi connectivity index (χ0) is 27.3. The average molecular weight is 531 g/mol. The van der Waals surface area contributed by atoms with Gasteiger partial charge in [-0.3, -0.25) is 29.3 Å². The molecule has 14 heteroatoms. The number of ether oxygens (including phenoxy) is 2. The molecule has 0 spiro atoms. The summed E-state index contributed by atoms with van der Waals surface area (Å²) < 4.78 is 38.6. The second-order valence-corrected chi connectivity index (χ2v) is 9.36. The summed E-state index contributed by atoms with van der Waals surface area (Å²) in [4.78, 5) is 33.8. The molecule has 0 radical (unpaired) electrons. The number of nitrogens with zero attached hydrogens (tertiary/aromatic N) is 3. The largest absolute Gasteiger partial charge is 0.497 e. The first-order valence-corrected chi connectivity index (χ1v) is 12.0. The molecule has 3 aromatic carbocycles. The molecule has 13 nitrogen and oxygen atoms in total. The Balaban J connectivity index is 2.12. The van der Waals surface area contributed by atoms with E-state index in [1.807, 2.05) is 0 Å². The fraction of sp³-hybridized carbons (Fsp3) is 0.174. The van der Waals surface area contributed by atoms with E-state index in [1.54, 1.807) is 0 Å². The summed E-state index contributed by atoms with van der Waals surface area (Å²) in [6, 6.07) is 12.9. The maximum Gasteiger partial charge on any atom is 0.289 e. The van der Waals surface area contributed by atoms with E-state index < -0.39 is 42.9 Å². The molecule has 0 saturated heterocycles. The van der Waals surface area contributed by atoms with Crippen molar-refractivity contribution in [3.63, 3.8) is 0 Å². The Hall–Kier alpha value is -4.72. The average Bonchev–Trinajstić information content (AvgIpc) is 2.87. The molecule has 0 fully saturated rings. The minimum Gasteiger partial charge on any atom is -0.497 e. The number of hydrogen-bond donors (Lipinski definition) is 1. The van der Waals surface area contributed by atoms with E-state index in [9.17, 15) is 33.4 Å². The number of nitro groups is 2. The molecule has 0 saturated carbocycles. The van der Waals surface area contributed by atoms with Gasteiger partial charge in [0.2, 0.25) is 5.91 Å². The van der Waals surface area contributed by atoms with Crippen molar-refractivity contribution in [1.82, 2.24) is 0 Å². The Kier molecular flexibility index (Phi) is 7.92. The van der Waals surface area contributed by atoms with E-state index in [1.165, 1.54) is 69.7 Å². The van der Waals surface area contributed by atoms with Crippen LogP contribution in [0.2, 0.25) is 0 Å². The van der Waals surface area contributed by atoms with Crippen LogP contribution in [0.5, 0.6) is 11.5 Å². The lowest BCUT2D eigenvalue weighted by Gasteiger charge is -2.26. The number of amides is 1. The van der Waals surface area contributed by atoms with Crippen molar-refractivity contribution in [2.24, 2.45) is 0 Å². The Labute approximate surface area is 211 Å². The molecule has 37 heavy (non-hydrogen) atoms. The highest BCUT2D eigenvalue weighted by molar-refractivity contribution is 7.93. The minimum absolute atomic E-state index is 0.0147. The van der Waals surface area contributed by atoms with Crippen molar-refractivity contribution in [2.45, 2.75) is 11.8 Å². The van der Waals surface area contributed by atoms with Crippen LogP contribution in [0.4, 0.5) is 22.7 Å². The summed E-state index contributed by atoms with van der Waals surface area (Å²) in [7, 11) is -2.03. The fourth-order valence-corrected chi connectivity index (χ4v) is 5.10. The number of carbonyl (C=O) groups is 1. The van der Waals surface area contributed by atoms with Crippen LogP contribution >= 0.6 is 0 Å². The number of methoxy groups -OCH3 is 2. The number of benzene rings is 3. The third kappa shape index (κ3) is 5.59. The molecule has 3 rings (SSSR count). The van der Waals surface area contributed by atoms with E-state index >= 15 is 0 Å². The van der Waals surface area contributed by atoms with Gasteiger partial charge in [-0.2, -0.15) is 0 Å². The van der Waals surface area contributed by atoms with Gasteiger partial charge in [-0.1, -0.05) is 18.2 Å². The molecule has 1 amide bonds. The number of nitrogens with one attached hydrogen (secondary N) is 1. The van der Waals surface area contributed by atoms with Crippen LogP contribution in [-0.4, -0.2) is 44.9 Å². The first kappa shape index (κ1) is 26.9. The van der Waals surface area contributed by atoms with Crippen molar-refractivity contribution in [2.75, 3.05) is 30.4 Å². The Morgan fingerprint density at radius 3 is 2.22 bits per heavy atom. The van der Waals surface area contributed by atoms with Crippen LogP contribution in [0.25, 0.3) is 0 Å². The summed E-state index contributed by atoms with van der Waals surface area (Å²) in [6.07, 6.45) is 0. The number of hydrogen-bond acceptors (Lipinski definition) is 9. The fourth-order valence-electron chi connectivity index (χ4n) is 3.51. The molecule has 0 bridgehead atoms. The number of carbonyl (C=O) groups excluding carboxylic acids is 1. The van der Waals surface area contributed by atoms with Crippen molar-refractivity contribution in [3.8, 4) is 11.5 Å². The van der Waals surface area contributed by atoms with Gasteiger partial charge in [0.05, 0.1) is 41.0 Å². The summed E-state index contributed by atoms with van der Waals surface area (Å²) in [5.41, 5.74) is -0.749. The van der Waals surface area contributed by atoms with Crippen LogP contribution < -0.4 is 19.1 Å². The van der Waals surface area contributed by atoms with Gasteiger partial charge in [-0.25, -0.2) is 8.42 Å². The third-order valence-corrected chi connectivity index (χ3v) is 7.16. The summed E-state index contributed by atoms with van der Waals surface area (Å²) >= 11 is 0. The highest BCUT2D eigenvalue weighted by Crippen LogP contribution is 2.37. The molecule has 3 aromatic rings. The van der Waals surface area contributed by atoms with Crippen LogP contribution in [-0.2, 0) is 14.8 Å². The normalized spacial score (nSPS) is 10.9. The predicted octanol–water partition coefficient (Wildman–Crippen LogP) is 3.66. The molecular weight excluding hydrogens is 508 g/mol. The molecule has 0 aliphatic rings. The second kappa shape index (κ2) is 10.9. The number of anilines is 2. The zero-order valence-electron chi connectivity index (χ0n) is 19.9. The molecule has 0 aromatic heterocycles. The SMILES string of the molecule is COc1ccc(N(CC(=O)Nc2cccc([N+](=O)[O-])c2C)S(=O)(=O)c2ccccc2[N+](=O)[O-])c(OC)c1. The lowest BCUT2D eigenvalue weighted by Crippen LogP contribution is -2.38. The van der Waals surface area contributed by atoms with Crippen molar-refractivity contribution in [1.29, 1.82) is 0 Å². The van der Waals surface area contributed by atoms with Gasteiger partial charge < -0.3 is 14.8 Å². The minimum atomic E-state index is -4.70. The van der Waals surface area contributed by atoms with Gasteiger partial charge in [-0.15, -0.1) is 0 Å². The standard InChI is InChI=1S/C23H22N4O9S/c1-15-17(7-6-9-18(15)26(29)30)24-23(28)14-25(19-12-11-16(35-2)13-21(19)36-3)37(33,34)22-10-5-4-8-20(22)27(31)32/h4-13H,14H2,1-3H3,(H,24,28). The first-order valence-electron chi connectivity index (χ1n) is 10.5. The van der Waals surface area contributed by atoms with Gasteiger partial charge in [0.15, 0.2) is 4.90 Å². The summed E-state index contributed by atoms with van der Waals surface area (Å²) in [5, 5.41) is 25.3. The number of sulfonamides is 1. The van der Waals surface area contributed by atoms with Gasteiger partial charge >= 0.3 is 0 Å². The zero-order valence-corrected chi connectivity index (χ0v) is 20.7. The highest BCUT2D eigenvalue weighted by Gasteiger charge is 2.35. The highest BCUT2D eigenvalue weighted by atomic mass is 32.2. The molecule has 0 aliphatic heterocycles. The van der Waals surface area contributed by atoms with E-state index in [2.05, 4.69) is 5.32 Å². The Morgan fingerprint density at radius 1 is 0.946 bits per heavy atom. The predicted molar refractivity (Wildman–Crippen MR) is 134 cm³/mol. The smallest absolute Gasteiger partial charge is 0.289 e. The van der Waals surface area contributed by atoms with Gasteiger partial charge in [0.1, 0.15) is 18.0 Å². The van der Waals surface area contributed by atoms with Crippen LogP contribution in [0, 0.1) is 27.2 Å². The van der Waals surface area contributed by atoms with E-state index in [-0.39, 0.29) is 28.4 Å². The van der Waals surface area contributed by atoms with Crippen molar-refractivity contribution < 1.29 is 32.5 Å². The van der Waals surface area contributed by atoms with Crippen molar-refractivity contribution >= 4 is 38.7 Å². The van der Waals surface area contributed by atoms with E-state index in [0.717, 1.165) is 12.1 Å². The topological polar surface area (TPSA) is 171 Å². The van der Waals surface area contributed by atoms with Crippen LogP contribution in [0.1, 0.15) is 5.56 Å². The maximum absolute atomic E-state index is 13.7. The molecule has 194 valence electrons. The number of nitro benzene ring substituents is 2. The molecule has 1 N–H and O–H groups in total. The summed E-state index contributed by atoms with van der Waals surface area (Å²) in [5.74, 6) is -0.509. The van der Waals surface area contributed by atoms with Crippen molar-refractivity contribution in [3.05, 3.63) is 86.5 Å². The third-order valence-electron chi connectivity index (χ3n) is 5.35.